The third-order valence-electron chi connectivity index (χ3n) is 5.72. The van der Waals surface area contributed by atoms with Crippen molar-refractivity contribution < 1.29 is 35.9 Å². The molecule has 32 heavy (non-hydrogen) atoms. The van der Waals surface area contributed by atoms with Crippen molar-refractivity contribution in [3.8, 4) is 5.75 Å². The Labute approximate surface area is 188 Å². The maximum atomic E-state index is 13.0. The molecule has 0 saturated carbocycles. The number of methoxy groups -OCH3 is 1. The van der Waals surface area contributed by atoms with Gasteiger partial charge in [-0.25, -0.2) is 21.6 Å². The Morgan fingerprint density at radius 3 is 2.47 bits per heavy atom. The van der Waals surface area contributed by atoms with Crippen LogP contribution in [-0.4, -0.2) is 88.8 Å². The number of hydrogen-bond acceptors (Lipinski definition) is 8. The van der Waals surface area contributed by atoms with Gasteiger partial charge in [-0.05, 0) is 44.4 Å². The first-order valence-electron chi connectivity index (χ1n) is 10.4. The summed E-state index contributed by atoms with van der Waals surface area (Å²) < 4.78 is 61.0. The number of sulfone groups is 1. The molecule has 2 aliphatic rings. The molecule has 0 aromatic heterocycles. The highest BCUT2D eigenvalue weighted by molar-refractivity contribution is 7.91. The predicted molar refractivity (Wildman–Crippen MR) is 116 cm³/mol. The van der Waals surface area contributed by atoms with Crippen LogP contribution in [-0.2, 0) is 29.4 Å². The topological polar surface area (TPSA) is 127 Å². The number of rotatable bonds is 8. The summed E-state index contributed by atoms with van der Waals surface area (Å²) in [6.45, 7) is 2.25. The molecular weight excluding hydrogens is 460 g/mol. The molecule has 2 heterocycles. The minimum absolute atomic E-state index is 0.0251. The lowest BCUT2D eigenvalue weighted by Crippen LogP contribution is -2.43. The van der Waals surface area contributed by atoms with Crippen LogP contribution in [0.15, 0.2) is 23.1 Å². The number of ether oxygens (including phenoxy) is 2. The van der Waals surface area contributed by atoms with Crippen LogP contribution in [0.5, 0.6) is 5.75 Å². The smallest absolute Gasteiger partial charge is 0.338 e. The first-order valence-corrected chi connectivity index (χ1v) is 13.7. The second kappa shape index (κ2) is 9.75. The van der Waals surface area contributed by atoms with E-state index in [2.05, 4.69) is 0 Å². The molecule has 0 radical (unpaired) electrons. The van der Waals surface area contributed by atoms with E-state index in [1.54, 1.807) is 6.92 Å². The van der Waals surface area contributed by atoms with Crippen LogP contribution in [0.1, 0.15) is 36.5 Å². The van der Waals surface area contributed by atoms with Crippen molar-refractivity contribution in [3.63, 3.8) is 0 Å². The highest BCUT2D eigenvalue weighted by atomic mass is 32.2. The lowest BCUT2D eigenvalue weighted by Gasteiger charge is -2.26. The number of nitrogens with zero attached hydrogens (tertiary/aromatic N) is 2. The van der Waals surface area contributed by atoms with Gasteiger partial charge in [0.05, 0.1) is 24.2 Å². The maximum Gasteiger partial charge on any atom is 0.338 e. The Bertz CT molecular complexity index is 1080. The van der Waals surface area contributed by atoms with Gasteiger partial charge in [-0.3, -0.25) is 4.79 Å². The number of hydrogen-bond donors (Lipinski definition) is 0. The van der Waals surface area contributed by atoms with Crippen molar-refractivity contribution in [1.29, 1.82) is 0 Å². The van der Waals surface area contributed by atoms with E-state index >= 15 is 0 Å². The lowest BCUT2D eigenvalue weighted by atomic mass is 10.2. The first-order chi connectivity index (χ1) is 15.1. The Morgan fingerprint density at radius 2 is 1.91 bits per heavy atom. The minimum Gasteiger partial charge on any atom is -0.495 e. The van der Waals surface area contributed by atoms with Gasteiger partial charge in [0.25, 0.3) is 5.91 Å². The largest absolute Gasteiger partial charge is 0.495 e. The normalized spacial score (nSPS) is 20.8. The molecule has 2 aliphatic heterocycles. The second-order valence-corrected chi connectivity index (χ2v) is 11.9. The van der Waals surface area contributed by atoms with E-state index in [0.717, 1.165) is 12.8 Å². The van der Waals surface area contributed by atoms with Crippen molar-refractivity contribution in [2.24, 2.45) is 0 Å². The molecule has 12 heteroatoms. The van der Waals surface area contributed by atoms with E-state index in [-0.39, 0.29) is 34.3 Å². The number of amides is 1. The average molecular weight is 489 g/mol. The molecule has 0 N–H and O–H groups in total. The third-order valence-corrected chi connectivity index (χ3v) is 9.39. The Morgan fingerprint density at radius 1 is 1.22 bits per heavy atom. The zero-order valence-corrected chi connectivity index (χ0v) is 19.8. The average Bonchev–Trinajstić information content (AvgIpc) is 3.42. The summed E-state index contributed by atoms with van der Waals surface area (Å²) in [4.78, 5) is 26.4. The van der Waals surface area contributed by atoms with Crippen molar-refractivity contribution in [2.75, 3.05) is 44.9 Å². The predicted octanol–water partition coefficient (Wildman–Crippen LogP) is 0.672. The standard InChI is InChI=1S/C20H28N2O8S2/c1-3-22(16-8-11-31(25,26)14-16)19(23)13-30-20(24)15-6-7-17(29-2)18(12-15)32(27,28)21-9-4-5-10-21/h6-7,12,16H,3-5,8-11,13-14H2,1-2H3. The van der Waals surface area contributed by atoms with Crippen LogP contribution in [0.3, 0.4) is 0 Å². The van der Waals surface area contributed by atoms with E-state index in [9.17, 15) is 26.4 Å². The Balaban J connectivity index is 1.72. The fourth-order valence-corrected chi connectivity index (χ4v) is 7.46. The van der Waals surface area contributed by atoms with Crippen molar-refractivity contribution in [1.82, 2.24) is 9.21 Å². The summed E-state index contributed by atoms with van der Waals surface area (Å²) in [5.74, 6) is -1.31. The summed E-state index contributed by atoms with van der Waals surface area (Å²) in [6, 6.07) is 3.51. The summed E-state index contributed by atoms with van der Waals surface area (Å²) >= 11 is 0. The van der Waals surface area contributed by atoms with E-state index in [0.29, 0.717) is 19.5 Å². The molecule has 10 nitrogen and oxygen atoms in total. The second-order valence-electron chi connectivity index (χ2n) is 7.79. The van der Waals surface area contributed by atoms with Gasteiger partial charge in [0.2, 0.25) is 10.0 Å². The molecule has 1 amide bonds. The van der Waals surface area contributed by atoms with E-state index in [4.69, 9.17) is 9.47 Å². The monoisotopic (exact) mass is 488 g/mol. The van der Waals surface area contributed by atoms with E-state index in [1.807, 2.05) is 0 Å². The zero-order valence-electron chi connectivity index (χ0n) is 18.2. The van der Waals surface area contributed by atoms with Crippen LogP contribution in [0.2, 0.25) is 0 Å². The summed E-state index contributed by atoms with van der Waals surface area (Å²) in [5.41, 5.74) is -0.0251. The zero-order chi connectivity index (χ0) is 23.5. The molecule has 3 rings (SSSR count). The molecule has 0 bridgehead atoms. The number of esters is 1. The van der Waals surface area contributed by atoms with Crippen molar-refractivity contribution in [2.45, 2.75) is 37.1 Å². The molecule has 1 aromatic carbocycles. The summed E-state index contributed by atoms with van der Waals surface area (Å²) in [7, 11) is -5.66. The molecule has 2 fully saturated rings. The van der Waals surface area contributed by atoms with Crippen LogP contribution < -0.4 is 4.74 Å². The Hall–Kier alpha value is -2.18. The maximum absolute atomic E-state index is 13.0. The van der Waals surface area contributed by atoms with Gasteiger partial charge < -0.3 is 14.4 Å². The first kappa shape index (κ1) is 24.5. The molecule has 1 unspecified atom stereocenters. The van der Waals surface area contributed by atoms with Gasteiger partial charge in [-0.2, -0.15) is 4.31 Å². The van der Waals surface area contributed by atoms with E-state index in [1.165, 1.54) is 34.5 Å². The fraction of sp³-hybridized carbons (Fsp3) is 0.600. The van der Waals surface area contributed by atoms with Crippen LogP contribution in [0.25, 0.3) is 0 Å². The molecule has 2 saturated heterocycles. The number of carbonyl (C=O) groups excluding carboxylic acids is 2. The SMILES string of the molecule is CCN(C(=O)COC(=O)c1ccc(OC)c(S(=O)(=O)N2CCCC2)c1)C1CCS(=O)(=O)C1. The molecule has 178 valence electrons. The third kappa shape index (κ3) is 5.24. The van der Waals surface area contributed by atoms with Gasteiger partial charge in [0.1, 0.15) is 10.6 Å². The lowest BCUT2D eigenvalue weighted by molar-refractivity contribution is -0.136. The van der Waals surface area contributed by atoms with Gasteiger partial charge in [0.15, 0.2) is 16.4 Å². The molecule has 0 spiro atoms. The van der Waals surface area contributed by atoms with Gasteiger partial charge in [-0.15, -0.1) is 0 Å². The number of sulfonamides is 1. The van der Waals surface area contributed by atoms with Crippen LogP contribution in [0.4, 0.5) is 0 Å². The van der Waals surface area contributed by atoms with E-state index < -0.39 is 44.4 Å². The highest BCUT2D eigenvalue weighted by Gasteiger charge is 2.34. The minimum atomic E-state index is -3.84. The van der Waals surface area contributed by atoms with Crippen LogP contribution in [0, 0.1) is 0 Å². The van der Waals surface area contributed by atoms with Gasteiger partial charge in [-0.1, -0.05) is 0 Å². The summed E-state index contributed by atoms with van der Waals surface area (Å²) in [5, 5.41) is 0. The molecule has 1 atom stereocenters. The fourth-order valence-electron chi connectivity index (χ4n) is 4.03. The molecule has 1 aromatic rings. The van der Waals surface area contributed by atoms with Gasteiger partial charge >= 0.3 is 5.97 Å². The molecular formula is C20H28N2O8S2. The number of benzene rings is 1. The van der Waals surface area contributed by atoms with Gasteiger partial charge in [0, 0.05) is 25.7 Å². The number of likely N-dealkylation sites (N-methyl/N-ethyl adjacent to an activating group) is 1. The quantitative estimate of drug-likeness (QED) is 0.489. The highest BCUT2D eigenvalue weighted by Crippen LogP contribution is 2.30. The number of carbonyl (C=O) groups is 2. The molecule has 0 aliphatic carbocycles. The van der Waals surface area contributed by atoms with Crippen molar-refractivity contribution in [3.05, 3.63) is 23.8 Å². The summed E-state index contributed by atoms with van der Waals surface area (Å²) in [6.07, 6.45) is 1.88. The Kier molecular flexibility index (Phi) is 7.46. The van der Waals surface area contributed by atoms with Crippen LogP contribution >= 0.6 is 0 Å². The van der Waals surface area contributed by atoms with Crippen molar-refractivity contribution >= 4 is 31.7 Å².